The second kappa shape index (κ2) is 2.25. The summed E-state index contributed by atoms with van der Waals surface area (Å²) in [7, 11) is 2.14. The predicted octanol–water partition coefficient (Wildman–Crippen LogP) is 2.69. The van der Waals surface area contributed by atoms with Gasteiger partial charge in [0.15, 0.2) is 0 Å². The van der Waals surface area contributed by atoms with E-state index in [2.05, 4.69) is 50.1 Å². The average Bonchev–Trinajstić information content (AvgIpc) is 2.24. The SMILES string of the molecule is CC1=CC2(C)CC=CC=C2N1C. The first-order valence-corrected chi connectivity index (χ1v) is 4.44. The molecule has 0 aromatic carbocycles. The van der Waals surface area contributed by atoms with Crippen LogP contribution in [-0.4, -0.2) is 11.9 Å². The van der Waals surface area contributed by atoms with Gasteiger partial charge in [0.2, 0.25) is 0 Å². The van der Waals surface area contributed by atoms with Gasteiger partial charge in [-0.2, -0.15) is 0 Å². The number of hydrogen-bond donors (Lipinski definition) is 0. The van der Waals surface area contributed by atoms with Crippen LogP contribution in [0.4, 0.5) is 0 Å². The van der Waals surface area contributed by atoms with E-state index in [0.717, 1.165) is 6.42 Å². The molecule has 0 aromatic rings. The number of nitrogens with zero attached hydrogens (tertiary/aromatic N) is 1. The third kappa shape index (κ3) is 0.857. The highest BCUT2D eigenvalue weighted by Gasteiger charge is 2.35. The summed E-state index contributed by atoms with van der Waals surface area (Å²) in [4.78, 5) is 2.28. The summed E-state index contributed by atoms with van der Waals surface area (Å²) in [6.45, 7) is 4.47. The zero-order chi connectivity index (χ0) is 8.77. The molecule has 0 saturated carbocycles. The molecule has 12 heavy (non-hydrogen) atoms. The maximum absolute atomic E-state index is 2.36. The third-order valence-electron chi connectivity index (χ3n) is 2.94. The van der Waals surface area contributed by atoms with Gasteiger partial charge in [0.25, 0.3) is 0 Å². The highest BCUT2D eigenvalue weighted by Crippen LogP contribution is 2.44. The molecule has 1 heteroatoms. The molecule has 0 spiro atoms. The van der Waals surface area contributed by atoms with Crippen LogP contribution in [0.5, 0.6) is 0 Å². The monoisotopic (exact) mass is 161 g/mol. The molecule has 64 valence electrons. The maximum Gasteiger partial charge on any atom is 0.0311 e. The minimum Gasteiger partial charge on any atom is -0.351 e. The van der Waals surface area contributed by atoms with Crippen molar-refractivity contribution in [1.82, 2.24) is 4.90 Å². The van der Waals surface area contributed by atoms with Crippen molar-refractivity contribution in [3.05, 3.63) is 35.7 Å². The molecule has 1 unspecified atom stereocenters. The summed E-state index contributed by atoms with van der Waals surface area (Å²) >= 11 is 0. The van der Waals surface area contributed by atoms with Crippen LogP contribution in [-0.2, 0) is 0 Å². The van der Waals surface area contributed by atoms with Crippen LogP contribution >= 0.6 is 0 Å². The Morgan fingerprint density at radius 3 is 2.92 bits per heavy atom. The Balaban J connectivity index is 2.46. The Hall–Kier alpha value is -0.980. The lowest BCUT2D eigenvalue weighted by atomic mass is 9.82. The summed E-state index contributed by atoms with van der Waals surface area (Å²) in [5.74, 6) is 0. The summed E-state index contributed by atoms with van der Waals surface area (Å²) < 4.78 is 0. The average molecular weight is 161 g/mol. The second-order valence-corrected chi connectivity index (χ2v) is 3.95. The zero-order valence-electron chi connectivity index (χ0n) is 7.96. The minimum atomic E-state index is 0.271. The quantitative estimate of drug-likeness (QED) is 0.528. The molecule has 2 aliphatic rings. The van der Waals surface area contributed by atoms with E-state index >= 15 is 0 Å². The van der Waals surface area contributed by atoms with Crippen molar-refractivity contribution < 1.29 is 0 Å². The van der Waals surface area contributed by atoms with Gasteiger partial charge in [0, 0.05) is 23.9 Å². The third-order valence-corrected chi connectivity index (χ3v) is 2.94. The highest BCUT2D eigenvalue weighted by molar-refractivity contribution is 5.37. The Morgan fingerprint density at radius 2 is 2.25 bits per heavy atom. The van der Waals surface area contributed by atoms with Crippen molar-refractivity contribution in [3.63, 3.8) is 0 Å². The first-order chi connectivity index (χ1) is 5.63. The molecule has 0 radical (unpaired) electrons. The van der Waals surface area contributed by atoms with Crippen molar-refractivity contribution >= 4 is 0 Å². The fourth-order valence-corrected chi connectivity index (χ4v) is 2.14. The number of fused-ring (bicyclic) bond motifs is 1. The summed E-state index contributed by atoms with van der Waals surface area (Å²) in [5, 5.41) is 0. The molecule has 0 fully saturated rings. The summed E-state index contributed by atoms with van der Waals surface area (Å²) in [6, 6.07) is 0. The molecule has 0 aromatic heterocycles. The molecule has 1 nitrogen and oxygen atoms in total. The Morgan fingerprint density at radius 1 is 1.50 bits per heavy atom. The molecule has 1 aliphatic heterocycles. The molecular formula is C11H15N. The lowest BCUT2D eigenvalue weighted by molar-refractivity contribution is 0.419. The van der Waals surface area contributed by atoms with Gasteiger partial charge in [-0.05, 0) is 19.4 Å². The Labute approximate surface area is 74.1 Å². The topological polar surface area (TPSA) is 3.24 Å². The van der Waals surface area contributed by atoms with E-state index in [9.17, 15) is 0 Å². The lowest BCUT2D eigenvalue weighted by Gasteiger charge is -2.29. The van der Waals surface area contributed by atoms with E-state index in [1.807, 2.05) is 0 Å². The number of rotatable bonds is 0. The van der Waals surface area contributed by atoms with Crippen LogP contribution in [0.2, 0.25) is 0 Å². The van der Waals surface area contributed by atoms with E-state index < -0.39 is 0 Å². The summed E-state index contributed by atoms with van der Waals surface area (Å²) in [6.07, 6.45) is 10.1. The zero-order valence-corrected chi connectivity index (χ0v) is 7.96. The molecule has 1 atom stereocenters. The molecule has 0 amide bonds. The number of allylic oxidation sites excluding steroid dienone is 5. The molecule has 1 heterocycles. The van der Waals surface area contributed by atoms with Gasteiger partial charge in [-0.3, -0.25) is 0 Å². The smallest absolute Gasteiger partial charge is 0.0311 e. The molecule has 0 bridgehead atoms. The molecule has 0 saturated heterocycles. The first-order valence-electron chi connectivity index (χ1n) is 4.44. The van der Waals surface area contributed by atoms with Crippen LogP contribution in [0.25, 0.3) is 0 Å². The first kappa shape index (κ1) is 7.66. The van der Waals surface area contributed by atoms with Gasteiger partial charge in [0.1, 0.15) is 0 Å². The standard InChI is InChI=1S/C11H15N/c1-9-8-11(2)7-5-4-6-10(11)12(9)3/h4-6,8H,7H2,1-3H3. The molecule has 1 aliphatic carbocycles. The fraction of sp³-hybridized carbons (Fsp3) is 0.455. The van der Waals surface area contributed by atoms with E-state index in [1.165, 1.54) is 11.4 Å². The van der Waals surface area contributed by atoms with Crippen molar-refractivity contribution in [3.8, 4) is 0 Å². The van der Waals surface area contributed by atoms with Crippen LogP contribution < -0.4 is 0 Å². The van der Waals surface area contributed by atoms with E-state index in [0.29, 0.717) is 0 Å². The molecule has 0 N–H and O–H groups in total. The van der Waals surface area contributed by atoms with Gasteiger partial charge in [0.05, 0.1) is 0 Å². The maximum atomic E-state index is 2.36. The van der Waals surface area contributed by atoms with Gasteiger partial charge >= 0.3 is 0 Å². The van der Waals surface area contributed by atoms with E-state index in [1.54, 1.807) is 0 Å². The van der Waals surface area contributed by atoms with Crippen molar-refractivity contribution in [2.45, 2.75) is 20.3 Å². The Bertz CT molecular complexity index is 296. The summed E-state index contributed by atoms with van der Waals surface area (Å²) in [5.41, 5.74) is 3.07. The van der Waals surface area contributed by atoms with Crippen LogP contribution in [0.15, 0.2) is 35.7 Å². The van der Waals surface area contributed by atoms with E-state index in [-0.39, 0.29) is 5.41 Å². The fourth-order valence-electron chi connectivity index (χ4n) is 2.14. The van der Waals surface area contributed by atoms with Gasteiger partial charge in [-0.15, -0.1) is 0 Å². The largest absolute Gasteiger partial charge is 0.351 e. The minimum absolute atomic E-state index is 0.271. The van der Waals surface area contributed by atoms with Crippen molar-refractivity contribution in [1.29, 1.82) is 0 Å². The van der Waals surface area contributed by atoms with Gasteiger partial charge < -0.3 is 4.90 Å². The Kier molecular flexibility index (Phi) is 1.44. The van der Waals surface area contributed by atoms with Gasteiger partial charge in [-0.1, -0.05) is 25.2 Å². The molecular weight excluding hydrogens is 146 g/mol. The van der Waals surface area contributed by atoms with Gasteiger partial charge in [-0.25, -0.2) is 0 Å². The predicted molar refractivity (Wildman–Crippen MR) is 51.5 cm³/mol. The van der Waals surface area contributed by atoms with Crippen LogP contribution in [0.1, 0.15) is 20.3 Å². The van der Waals surface area contributed by atoms with E-state index in [4.69, 9.17) is 0 Å². The normalized spacial score (nSPS) is 33.1. The highest BCUT2D eigenvalue weighted by atomic mass is 15.1. The lowest BCUT2D eigenvalue weighted by Crippen LogP contribution is -2.21. The second-order valence-electron chi connectivity index (χ2n) is 3.95. The number of hydrogen-bond acceptors (Lipinski definition) is 1. The van der Waals surface area contributed by atoms with Crippen LogP contribution in [0, 0.1) is 5.41 Å². The molecule has 2 rings (SSSR count). The van der Waals surface area contributed by atoms with Crippen molar-refractivity contribution in [2.24, 2.45) is 5.41 Å². The van der Waals surface area contributed by atoms with Crippen LogP contribution in [0.3, 0.4) is 0 Å². The van der Waals surface area contributed by atoms with Crippen molar-refractivity contribution in [2.75, 3.05) is 7.05 Å².